The first-order valence-electron chi connectivity index (χ1n) is 8.20. The Bertz CT molecular complexity index is 538. The van der Waals surface area contributed by atoms with Crippen LogP contribution in [0.1, 0.15) is 56.9 Å². The molecule has 0 bridgehead atoms. The third-order valence-electron chi connectivity index (χ3n) is 3.49. The van der Waals surface area contributed by atoms with E-state index in [0.717, 1.165) is 44.1 Å². The van der Waals surface area contributed by atoms with Gasteiger partial charge >= 0.3 is 5.97 Å². The van der Waals surface area contributed by atoms with Gasteiger partial charge in [-0.25, -0.2) is 4.39 Å². The second-order valence-corrected chi connectivity index (χ2v) is 5.42. The molecule has 0 fully saturated rings. The molecule has 2 nitrogen and oxygen atoms in total. The molecule has 0 spiro atoms. The van der Waals surface area contributed by atoms with Gasteiger partial charge in [-0.1, -0.05) is 55.7 Å². The smallest absolute Gasteiger partial charge is 0.305 e. The number of ether oxygens (including phenoxy) is 1. The summed E-state index contributed by atoms with van der Waals surface area (Å²) in [4.78, 5) is 10.9. The number of methoxy groups -OCH3 is 1. The van der Waals surface area contributed by atoms with E-state index in [1.165, 1.54) is 13.2 Å². The molecule has 0 aliphatic rings. The number of rotatable bonds is 9. The van der Waals surface area contributed by atoms with E-state index in [-0.39, 0.29) is 11.8 Å². The highest BCUT2D eigenvalue weighted by Crippen LogP contribution is 2.13. The lowest BCUT2D eigenvalue weighted by atomic mass is 10.1. The van der Waals surface area contributed by atoms with Gasteiger partial charge in [0.05, 0.1) is 7.11 Å². The largest absolute Gasteiger partial charge is 0.469 e. The molecule has 3 heteroatoms. The van der Waals surface area contributed by atoms with Gasteiger partial charge in [0, 0.05) is 18.1 Å². The molecule has 0 amide bonds. The summed E-state index contributed by atoms with van der Waals surface area (Å²) < 4.78 is 18.2. The number of hydrogen-bond donors (Lipinski definition) is 0. The normalized spacial score (nSPS) is 10.8. The predicted molar refractivity (Wildman–Crippen MR) is 91.5 cm³/mol. The third-order valence-corrected chi connectivity index (χ3v) is 3.49. The summed E-state index contributed by atoms with van der Waals surface area (Å²) in [7, 11) is 1.41. The van der Waals surface area contributed by atoms with E-state index in [1.807, 2.05) is 30.3 Å². The lowest BCUT2D eigenvalue weighted by Crippen LogP contribution is -1.99. The van der Waals surface area contributed by atoms with Crippen LogP contribution in [0.15, 0.2) is 42.2 Å². The average molecular weight is 316 g/mol. The zero-order chi connectivity index (χ0) is 16.8. The van der Waals surface area contributed by atoms with Gasteiger partial charge in [-0.15, -0.1) is 0 Å². The van der Waals surface area contributed by atoms with Crippen LogP contribution in [-0.4, -0.2) is 13.1 Å². The number of halogens is 1. The van der Waals surface area contributed by atoms with E-state index in [9.17, 15) is 9.18 Å². The molecular weight excluding hydrogens is 291 g/mol. The Morgan fingerprint density at radius 1 is 1.04 bits per heavy atom. The standard InChI is InChI=1S/C20H25FO2/c1-23-20(22)17-10-5-3-2-4-9-15-19(21)16-11-14-18-12-7-6-8-13-18/h6-8,12-13,16H,2-5,9-10,15,17H2,1H3/b19-16+. The van der Waals surface area contributed by atoms with Crippen molar-refractivity contribution in [3.63, 3.8) is 0 Å². The van der Waals surface area contributed by atoms with Crippen LogP contribution in [0.2, 0.25) is 0 Å². The van der Waals surface area contributed by atoms with Gasteiger partial charge < -0.3 is 4.74 Å². The lowest BCUT2D eigenvalue weighted by Gasteiger charge is -2.01. The van der Waals surface area contributed by atoms with E-state index < -0.39 is 0 Å². The molecular formula is C20H25FO2. The molecule has 0 saturated carbocycles. The fraction of sp³-hybridized carbons (Fsp3) is 0.450. The molecule has 0 radical (unpaired) electrons. The van der Waals surface area contributed by atoms with Crippen LogP contribution in [0.5, 0.6) is 0 Å². The minimum absolute atomic E-state index is 0.145. The van der Waals surface area contributed by atoms with E-state index in [0.29, 0.717) is 12.8 Å². The minimum atomic E-state index is -0.154. The zero-order valence-corrected chi connectivity index (χ0v) is 13.8. The first kappa shape index (κ1) is 19.0. The van der Waals surface area contributed by atoms with Crippen molar-refractivity contribution in [1.29, 1.82) is 0 Å². The van der Waals surface area contributed by atoms with Gasteiger partial charge in [0.1, 0.15) is 5.83 Å². The van der Waals surface area contributed by atoms with Crippen molar-refractivity contribution >= 4 is 5.97 Å². The first-order valence-corrected chi connectivity index (χ1v) is 8.20. The van der Waals surface area contributed by atoms with E-state index in [4.69, 9.17) is 0 Å². The summed E-state index contributed by atoms with van der Waals surface area (Å²) in [6.45, 7) is 0. The molecule has 0 heterocycles. The molecule has 0 aliphatic carbocycles. The van der Waals surface area contributed by atoms with Gasteiger partial charge in [0.15, 0.2) is 0 Å². The fourth-order valence-corrected chi connectivity index (χ4v) is 2.16. The molecule has 1 rings (SSSR count). The highest BCUT2D eigenvalue weighted by molar-refractivity contribution is 5.68. The molecule has 1 aromatic carbocycles. The second kappa shape index (κ2) is 12.5. The maximum absolute atomic E-state index is 13.6. The number of unbranched alkanes of at least 4 members (excludes halogenated alkanes) is 5. The minimum Gasteiger partial charge on any atom is -0.469 e. The Morgan fingerprint density at radius 2 is 1.65 bits per heavy atom. The summed E-state index contributed by atoms with van der Waals surface area (Å²) in [6.07, 6.45) is 8.20. The Hall–Kier alpha value is -2.08. The molecule has 0 N–H and O–H groups in total. The number of esters is 1. The van der Waals surface area contributed by atoms with Gasteiger partial charge in [-0.2, -0.15) is 0 Å². The van der Waals surface area contributed by atoms with E-state index in [2.05, 4.69) is 16.6 Å². The number of carbonyl (C=O) groups excluding carboxylic acids is 1. The van der Waals surface area contributed by atoms with Crippen LogP contribution < -0.4 is 0 Å². The van der Waals surface area contributed by atoms with E-state index >= 15 is 0 Å². The molecule has 0 unspecified atom stereocenters. The van der Waals surface area contributed by atoms with Crippen molar-refractivity contribution in [3.8, 4) is 11.8 Å². The summed E-state index contributed by atoms with van der Waals surface area (Å²) in [5.74, 6) is 5.37. The molecule has 124 valence electrons. The van der Waals surface area contributed by atoms with Crippen molar-refractivity contribution in [1.82, 2.24) is 0 Å². The first-order chi connectivity index (χ1) is 11.2. The Labute approximate surface area is 138 Å². The third kappa shape index (κ3) is 10.3. The SMILES string of the molecule is COC(=O)CCCCCCCC/C(F)=C\C#Cc1ccccc1. The summed E-state index contributed by atoms with van der Waals surface area (Å²) in [5.41, 5.74) is 0.892. The lowest BCUT2D eigenvalue weighted by molar-refractivity contribution is -0.140. The van der Waals surface area contributed by atoms with Crippen molar-refractivity contribution in [2.24, 2.45) is 0 Å². The van der Waals surface area contributed by atoms with Crippen molar-refractivity contribution < 1.29 is 13.9 Å². The monoisotopic (exact) mass is 316 g/mol. The second-order valence-electron chi connectivity index (χ2n) is 5.42. The topological polar surface area (TPSA) is 26.3 Å². The predicted octanol–water partition coefficient (Wildman–Crippen LogP) is 5.19. The van der Waals surface area contributed by atoms with Gasteiger partial charge in [-0.05, 0) is 31.4 Å². The molecule has 0 atom stereocenters. The van der Waals surface area contributed by atoms with Crippen molar-refractivity contribution in [2.45, 2.75) is 51.4 Å². The van der Waals surface area contributed by atoms with Crippen LogP contribution in [-0.2, 0) is 9.53 Å². The number of hydrogen-bond acceptors (Lipinski definition) is 2. The fourth-order valence-electron chi connectivity index (χ4n) is 2.16. The highest BCUT2D eigenvalue weighted by atomic mass is 19.1. The number of allylic oxidation sites excluding steroid dienone is 2. The molecule has 0 aromatic heterocycles. The average Bonchev–Trinajstić information content (AvgIpc) is 2.58. The number of carbonyl (C=O) groups is 1. The number of benzene rings is 1. The highest BCUT2D eigenvalue weighted by Gasteiger charge is 1.99. The molecule has 23 heavy (non-hydrogen) atoms. The summed E-state index contributed by atoms with van der Waals surface area (Å²) >= 11 is 0. The van der Waals surface area contributed by atoms with Crippen LogP contribution >= 0.6 is 0 Å². The Kier molecular flexibility index (Phi) is 10.3. The zero-order valence-electron chi connectivity index (χ0n) is 13.8. The Balaban J connectivity index is 2.06. The molecule has 0 saturated heterocycles. The van der Waals surface area contributed by atoms with Crippen molar-refractivity contribution in [2.75, 3.05) is 7.11 Å². The van der Waals surface area contributed by atoms with Crippen LogP contribution in [0.4, 0.5) is 4.39 Å². The molecule has 1 aromatic rings. The van der Waals surface area contributed by atoms with Crippen molar-refractivity contribution in [3.05, 3.63) is 47.8 Å². The van der Waals surface area contributed by atoms with E-state index in [1.54, 1.807) is 0 Å². The van der Waals surface area contributed by atoms with Crippen LogP contribution in [0.3, 0.4) is 0 Å². The van der Waals surface area contributed by atoms with Gasteiger partial charge in [0.2, 0.25) is 0 Å². The molecule has 0 aliphatic heterocycles. The maximum Gasteiger partial charge on any atom is 0.305 e. The Morgan fingerprint density at radius 3 is 2.30 bits per heavy atom. The van der Waals surface area contributed by atoms with Gasteiger partial charge in [-0.3, -0.25) is 4.79 Å². The quantitative estimate of drug-likeness (QED) is 0.356. The van der Waals surface area contributed by atoms with Gasteiger partial charge in [0.25, 0.3) is 0 Å². The van der Waals surface area contributed by atoms with Crippen LogP contribution in [0.25, 0.3) is 0 Å². The maximum atomic E-state index is 13.6. The summed E-state index contributed by atoms with van der Waals surface area (Å²) in [5, 5.41) is 0. The van der Waals surface area contributed by atoms with Crippen LogP contribution in [0, 0.1) is 11.8 Å². The summed E-state index contributed by atoms with van der Waals surface area (Å²) in [6, 6.07) is 9.56.